The molecule has 102 valence electrons. The van der Waals surface area contributed by atoms with E-state index in [0.29, 0.717) is 12.0 Å². The molecule has 0 aliphatic carbocycles. The van der Waals surface area contributed by atoms with Gasteiger partial charge in [0.2, 0.25) is 0 Å². The van der Waals surface area contributed by atoms with E-state index in [-0.39, 0.29) is 11.0 Å². The SMILES string of the molecule is CC(C)(CNC(C)(C)C)Cc1cccc(F)c1F. The van der Waals surface area contributed by atoms with Crippen LogP contribution in [0.2, 0.25) is 0 Å². The molecule has 0 saturated heterocycles. The van der Waals surface area contributed by atoms with Crippen molar-refractivity contribution in [3.63, 3.8) is 0 Å². The van der Waals surface area contributed by atoms with Crippen LogP contribution in [0.1, 0.15) is 40.2 Å². The lowest BCUT2D eigenvalue weighted by Crippen LogP contribution is -2.42. The van der Waals surface area contributed by atoms with Crippen molar-refractivity contribution in [3.05, 3.63) is 35.4 Å². The second-order valence-electron chi connectivity index (χ2n) is 6.66. The van der Waals surface area contributed by atoms with Gasteiger partial charge in [-0.25, -0.2) is 8.78 Å². The maximum Gasteiger partial charge on any atom is 0.162 e. The Bertz CT molecular complexity index is 405. The third kappa shape index (κ3) is 4.73. The number of hydrogen-bond acceptors (Lipinski definition) is 1. The van der Waals surface area contributed by atoms with Crippen LogP contribution in [0.3, 0.4) is 0 Å². The molecule has 3 heteroatoms. The highest BCUT2D eigenvalue weighted by atomic mass is 19.2. The topological polar surface area (TPSA) is 12.0 Å². The summed E-state index contributed by atoms with van der Waals surface area (Å²) in [5, 5.41) is 3.40. The van der Waals surface area contributed by atoms with Gasteiger partial charge in [0, 0.05) is 12.1 Å². The number of rotatable bonds is 4. The molecule has 18 heavy (non-hydrogen) atoms. The van der Waals surface area contributed by atoms with Crippen LogP contribution in [0.5, 0.6) is 0 Å². The zero-order valence-corrected chi connectivity index (χ0v) is 11.9. The van der Waals surface area contributed by atoms with Gasteiger partial charge in [-0.05, 0) is 44.2 Å². The largest absolute Gasteiger partial charge is 0.312 e. The van der Waals surface area contributed by atoms with Gasteiger partial charge in [0.1, 0.15) is 0 Å². The van der Waals surface area contributed by atoms with Gasteiger partial charge in [0.15, 0.2) is 11.6 Å². The average molecular weight is 255 g/mol. The van der Waals surface area contributed by atoms with Crippen molar-refractivity contribution in [1.82, 2.24) is 5.32 Å². The summed E-state index contributed by atoms with van der Waals surface area (Å²) in [6.07, 6.45) is 0.514. The third-order valence-corrected chi connectivity index (χ3v) is 2.80. The number of nitrogens with one attached hydrogen (secondary N) is 1. The van der Waals surface area contributed by atoms with Crippen molar-refractivity contribution in [3.8, 4) is 0 Å². The standard InChI is InChI=1S/C15H23F2N/c1-14(2,3)18-10-15(4,5)9-11-7-6-8-12(16)13(11)17/h6-8,18H,9-10H2,1-5H3. The average Bonchev–Trinajstić information content (AvgIpc) is 2.21. The quantitative estimate of drug-likeness (QED) is 0.859. The van der Waals surface area contributed by atoms with Crippen LogP contribution in [0.4, 0.5) is 8.78 Å². The zero-order valence-electron chi connectivity index (χ0n) is 11.9. The van der Waals surface area contributed by atoms with Gasteiger partial charge >= 0.3 is 0 Å². The van der Waals surface area contributed by atoms with E-state index in [9.17, 15) is 8.78 Å². The summed E-state index contributed by atoms with van der Waals surface area (Å²) in [4.78, 5) is 0. The molecule has 1 N–H and O–H groups in total. The van der Waals surface area contributed by atoms with E-state index in [1.165, 1.54) is 0 Å². The molecule has 0 aromatic heterocycles. The lowest BCUT2D eigenvalue weighted by Gasteiger charge is -2.30. The summed E-state index contributed by atoms with van der Waals surface area (Å²) >= 11 is 0. The highest BCUT2D eigenvalue weighted by Gasteiger charge is 2.23. The van der Waals surface area contributed by atoms with E-state index in [0.717, 1.165) is 12.6 Å². The summed E-state index contributed by atoms with van der Waals surface area (Å²) in [7, 11) is 0. The van der Waals surface area contributed by atoms with Crippen molar-refractivity contribution in [2.45, 2.75) is 46.6 Å². The normalized spacial score (nSPS) is 12.8. The summed E-state index contributed by atoms with van der Waals surface area (Å²) in [5.74, 6) is -1.49. The van der Waals surface area contributed by atoms with Crippen LogP contribution in [0.25, 0.3) is 0 Å². The first-order chi connectivity index (χ1) is 8.11. The Kier molecular flexibility index (Phi) is 4.49. The minimum absolute atomic E-state index is 0.0255. The molecule has 0 aliphatic rings. The van der Waals surface area contributed by atoms with Gasteiger partial charge in [0.25, 0.3) is 0 Å². The van der Waals surface area contributed by atoms with Crippen molar-refractivity contribution >= 4 is 0 Å². The molecule has 0 amide bonds. The van der Waals surface area contributed by atoms with E-state index < -0.39 is 11.6 Å². The van der Waals surface area contributed by atoms with Crippen LogP contribution in [-0.2, 0) is 6.42 Å². The minimum Gasteiger partial charge on any atom is -0.312 e. The highest BCUT2D eigenvalue weighted by molar-refractivity contribution is 5.20. The lowest BCUT2D eigenvalue weighted by molar-refractivity contribution is 0.285. The maximum absolute atomic E-state index is 13.6. The predicted molar refractivity (Wildman–Crippen MR) is 71.6 cm³/mol. The summed E-state index contributed by atoms with van der Waals surface area (Å²) in [6.45, 7) is 11.1. The van der Waals surface area contributed by atoms with Crippen molar-refractivity contribution < 1.29 is 8.78 Å². The number of benzene rings is 1. The molecule has 0 atom stereocenters. The Hall–Kier alpha value is -0.960. The maximum atomic E-state index is 13.6. The fourth-order valence-corrected chi connectivity index (χ4v) is 1.77. The molecule has 0 saturated carbocycles. The number of halogens is 2. The smallest absolute Gasteiger partial charge is 0.162 e. The van der Waals surface area contributed by atoms with E-state index in [1.807, 2.05) is 0 Å². The van der Waals surface area contributed by atoms with Crippen LogP contribution in [-0.4, -0.2) is 12.1 Å². The summed E-state index contributed by atoms with van der Waals surface area (Å²) in [5.41, 5.74) is 0.343. The van der Waals surface area contributed by atoms with Crippen molar-refractivity contribution in [2.75, 3.05) is 6.54 Å². The first kappa shape index (κ1) is 15.1. The fraction of sp³-hybridized carbons (Fsp3) is 0.600. The molecule has 0 fully saturated rings. The first-order valence-electron chi connectivity index (χ1n) is 6.29. The Morgan fingerprint density at radius 2 is 1.67 bits per heavy atom. The van der Waals surface area contributed by atoms with Crippen LogP contribution in [0, 0.1) is 17.0 Å². The lowest BCUT2D eigenvalue weighted by atomic mass is 9.84. The minimum atomic E-state index is -0.771. The fourth-order valence-electron chi connectivity index (χ4n) is 1.77. The Balaban J connectivity index is 2.73. The molecule has 0 spiro atoms. The van der Waals surface area contributed by atoms with Crippen molar-refractivity contribution in [1.29, 1.82) is 0 Å². The predicted octanol–water partition coefficient (Wildman–Crippen LogP) is 3.92. The van der Waals surface area contributed by atoms with E-state index in [1.54, 1.807) is 12.1 Å². The summed E-state index contributed by atoms with van der Waals surface area (Å²) in [6, 6.07) is 4.36. The second kappa shape index (κ2) is 5.35. The van der Waals surface area contributed by atoms with Gasteiger partial charge in [-0.1, -0.05) is 26.0 Å². The molecule has 0 radical (unpaired) electrons. The molecular formula is C15H23F2N. The molecule has 1 rings (SSSR count). The third-order valence-electron chi connectivity index (χ3n) is 2.80. The van der Waals surface area contributed by atoms with Crippen LogP contribution < -0.4 is 5.32 Å². The zero-order chi connectivity index (χ0) is 14.0. The van der Waals surface area contributed by atoms with Gasteiger partial charge in [-0.3, -0.25) is 0 Å². The monoisotopic (exact) mass is 255 g/mol. The molecular weight excluding hydrogens is 232 g/mol. The van der Waals surface area contributed by atoms with Gasteiger partial charge in [0.05, 0.1) is 0 Å². The molecule has 1 aromatic carbocycles. The van der Waals surface area contributed by atoms with Gasteiger partial charge < -0.3 is 5.32 Å². The Labute approximate surface area is 109 Å². The van der Waals surface area contributed by atoms with E-state index >= 15 is 0 Å². The molecule has 0 bridgehead atoms. The Morgan fingerprint density at radius 1 is 1.06 bits per heavy atom. The van der Waals surface area contributed by atoms with E-state index in [2.05, 4.69) is 39.9 Å². The molecule has 0 unspecified atom stereocenters. The highest BCUT2D eigenvalue weighted by Crippen LogP contribution is 2.24. The van der Waals surface area contributed by atoms with Crippen LogP contribution in [0.15, 0.2) is 18.2 Å². The van der Waals surface area contributed by atoms with Crippen molar-refractivity contribution in [2.24, 2.45) is 5.41 Å². The molecule has 1 aromatic rings. The second-order valence-corrected chi connectivity index (χ2v) is 6.66. The molecule has 1 nitrogen and oxygen atoms in total. The van der Waals surface area contributed by atoms with Gasteiger partial charge in [-0.15, -0.1) is 0 Å². The van der Waals surface area contributed by atoms with Crippen LogP contribution >= 0.6 is 0 Å². The molecule has 0 aliphatic heterocycles. The van der Waals surface area contributed by atoms with Gasteiger partial charge in [-0.2, -0.15) is 0 Å². The summed E-state index contributed by atoms with van der Waals surface area (Å²) < 4.78 is 26.7. The number of hydrogen-bond donors (Lipinski definition) is 1. The van der Waals surface area contributed by atoms with E-state index in [4.69, 9.17) is 0 Å². The molecule has 0 heterocycles. The first-order valence-corrected chi connectivity index (χ1v) is 6.29. The Morgan fingerprint density at radius 3 is 2.22 bits per heavy atom.